The van der Waals surface area contributed by atoms with Crippen LogP contribution in [0.5, 0.6) is 5.75 Å². The number of esters is 1. The Labute approximate surface area is 168 Å². The van der Waals surface area contributed by atoms with E-state index in [9.17, 15) is 9.59 Å². The summed E-state index contributed by atoms with van der Waals surface area (Å²) in [5.74, 6) is -0.156. The largest absolute Gasteiger partial charge is 0.465 e. The van der Waals surface area contributed by atoms with Gasteiger partial charge in [-0.25, -0.2) is 10.2 Å². The number of nitrogens with one attached hydrogen (secondary N) is 1. The lowest BCUT2D eigenvalue weighted by Gasteiger charge is -2.06. The molecule has 28 heavy (non-hydrogen) atoms. The highest BCUT2D eigenvalue weighted by Gasteiger charge is 2.08. The molecule has 0 saturated heterocycles. The Hall–Kier alpha value is -3.52. The monoisotopic (exact) mass is 439 g/mol. The van der Waals surface area contributed by atoms with Crippen LogP contribution in [-0.4, -0.2) is 23.1 Å². The number of carbonyl (C=O) groups is 2. The van der Waals surface area contributed by atoms with Crippen molar-refractivity contribution in [3.63, 3.8) is 0 Å². The lowest BCUT2D eigenvalue weighted by atomic mass is 10.2. The minimum Gasteiger partial charge on any atom is -0.465 e. The quantitative estimate of drug-likeness (QED) is 0.207. The maximum Gasteiger partial charge on any atom is 0.336 e. The number of benzene rings is 1. The molecule has 8 heteroatoms. The molecule has 0 fully saturated rings. The first kappa shape index (κ1) is 19.2. The predicted octanol–water partition coefficient (Wildman–Crippen LogP) is 3.82. The van der Waals surface area contributed by atoms with Crippen molar-refractivity contribution in [2.75, 3.05) is 0 Å². The Morgan fingerprint density at radius 3 is 2.86 bits per heavy atom. The summed E-state index contributed by atoms with van der Waals surface area (Å²) in [6, 6.07) is 11.8. The van der Waals surface area contributed by atoms with Gasteiger partial charge in [-0.1, -0.05) is 15.9 Å². The highest BCUT2D eigenvalue weighted by Crippen LogP contribution is 2.22. The average Bonchev–Trinajstić information content (AvgIpc) is 3.22. The van der Waals surface area contributed by atoms with Gasteiger partial charge in [-0.3, -0.25) is 9.78 Å². The van der Waals surface area contributed by atoms with Crippen molar-refractivity contribution in [3.8, 4) is 5.75 Å². The van der Waals surface area contributed by atoms with E-state index in [1.165, 1.54) is 30.8 Å². The fraction of sp³-hybridized carbons (Fsp3) is 0. The number of nitrogens with zero attached hydrogens (tertiary/aromatic N) is 2. The molecule has 2 aromatic heterocycles. The fourth-order valence-corrected chi connectivity index (χ4v) is 2.49. The molecule has 1 N–H and O–H groups in total. The summed E-state index contributed by atoms with van der Waals surface area (Å²) >= 11 is 3.35. The smallest absolute Gasteiger partial charge is 0.336 e. The minimum atomic E-state index is -0.576. The first-order chi connectivity index (χ1) is 13.6. The summed E-state index contributed by atoms with van der Waals surface area (Å²) in [6.45, 7) is 0. The third-order valence-corrected chi connectivity index (χ3v) is 3.90. The van der Waals surface area contributed by atoms with E-state index >= 15 is 0 Å². The number of amides is 1. The van der Waals surface area contributed by atoms with Gasteiger partial charge in [-0.2, -0.15) is 5.10 Å². The van der Waals surface area contributed by atoms with E-state index in [-0.39, 0.29) is 5.75 Å². The van der Waals surface area contributed by atoms with Gasteiger partial charge in [0.2, 0.25) is 0 Å². The summed E-state index contributed by atoms with van der Waals surface area (Å²) < 4.78 is 11.2. The molecule has 0 radical (unpaired) electrons. The summed E-state index contributed by atoms with van der Waals surface area (Å²) in [7, 11) is 0. The van der Waals surface area contributed by atoms with Gasteiger partial charge in [0.05, 0.1) is 18.0 Å². The molecule has 0 atom stereocenters. The zero-order chi connectivity index (χ0) is 19.8. The topological polar surface area (TPSA) is 93.8 Å². The van der Waals surface area contributed by atoms with Crippen LogP contribution in [0.3, 0.4) is 0 Å². The molecule has 0 spiro atoms. The van der Waals surface area contributed by atoms with Gasteiger partial charge in [-0.15, -0.1) is 0 Å². The molecule has 0 aliphatic carbocycles. The number of ether oxygens (including phenoxy) is 1. The highest BCUT2D eigenvalue weighted by atomic mass is 79.9. The molecule has 0 saturated carbocycles. The Morgan fingerprint density at radius 1 is 1.21 bits per heavy atom. The van der Waals surface area contributed by atoms with E-state index in [2.05, 4.69) is 31.4 Å². The number of furan rings is 1. The van der Waals surface area contributed by atoms with Crippen LogP contribution in [0.2, 0.25) is 0 Å². The Kier molecular flexibility index (Phi) is 6.48. The zero-order valence-electron chi connectivity index (χ0n) is 14.4. The maximum absolute atomic E-state index is 12.0. The number of halogens is 1. The molecular weight excluding hydrogens is 426 g/mol. The summed E-state index contributed by atoms with van der Waals surface area (Å²) in [4.78, 5) is 27.9. The molecular formula is C20H14BrN3O4. The van der Waals surface area contributed by atoms with E-state index in [4.69, 9.17) is 9.15 Å². The van der Waals surface area contributed by atoms with Crippen LogP contribution in [0.4, 0.5) is 0 Å². The minimum absolute atomic E-state index is 0.289. The highest BCUT2D eigenvalue weighted by molar-refractivity contribution is 9.10. The van der Waals surface area contributed by atoms with Crippen LogP contribution in [-0.2, 0) is 4.79 Å². The van der Waals surface area contributed by atoms with E-state index in [1.807, 2.05) is 0 Å². The molecule has 7 nitrogen and oxygen atoms in total. The number of hydrogen-bond acceptors (Lipinski definition) is 6. The van der Waals surface area contributed by atoms with E-state index < -0.39 is 11.9 Å². The Morgan fingerprint density at radius 2 is 2.11 bits per heavy atom. The predicted molar refractivity (Wildman–Crippen MR) is 107 cm³/mol. The number of hydrogen-bond donors (Lipinski definition) is 1. The third-order valence-electron chi connectivity index (χ3n) is 3.40. The summed E-state index contributed by atoms with van der Waals surface area (Å²) in [6.07, 6.45) is 8.66. The molecule has 3 rings (SSSR count). The maximum atomic E-state index is 12.0. The van der Waals surface area contributed by atoms with Crippen molar-refractivity contribution in [3.05, 3.63) is 88.6 Å². The summed E-state index contributed by atoms with van der Waals surface area (Å²) in [5, 5.41) is 3.92. The SMILES string of the molecule is O=C(/C=C\c1ccco1)Oc1ccc(Br)cc1/C=N\NC(=O)c1cccnc1. The van der Waals surface area contributed by atoms with Crippen molar-refractivity contribution in [2.24, 2.45) is 5.10 Å². The molecule has 0 bridgehead atoms. The van der Waals surface area contributed by atoms with Crippen LogP contribution < -0.4 is 10.2 Å². The van der Waals surface area contributed by atoms with Gasteiger partial charge in [0.15, 0.2) is 0 Å². The molecule has 1 aromatic carbocycles. The second-order valence-corrected chi connectivity index (χ2v) is 6.31. The van der Waals surface area contributed by atoms with Gasteiger partial charge in [-0.05, 0) is 48.5 Å². The summed E-state index contributed by atoms with van der Waals surface area (Å²) in [5.41, 5.74) is 3.28. The van der Waals surface area contributed by atoms with Gasteiger partial charge in [0.25, 0.3) is 5.91 Å². The zero-order valence-corrected chi connectivity index (χ0v) is 16.0. The van der Waals surface area contributed by atoms with Crippen LogP contribution >= 0.6 is 15.9 Å². The first-order valence-corrected chi connectivity index (χ1v) is 8.87. The number of hydrazone groups is 1. The van der Waals surface area contributed by atoms with Gasteiger partial charge >= 0.3 is 5.97 Å². The van der Waals surface area contributed by atoms with Crippen LogP contribution in [0.1, 0.15) is 21.7 Å². The van der Waals surface area contributed by atoms with Crippen molar-refractivity contribution in [1.29, 1.82) is 0 Å². The molecule has 2 heterocycles. The van der Waals surface area contributed by atoms with Crippen molar-refractivity contribution in [2.45, 2.75) is 0 Å². The number of carbonyl (C=O) groups excluding carboxylic acids is 2. The number of rotatable bonds is 6. The third kappa shape index (κ3) is 5.49. The molecule has 140 valence electrons. The average molecular weight is 440 g/mol. The van der Waals surface area contributed by atoms with Crippen LogP contribution in [0.15, 0.2) is 81.2 Å². The van der Waals surface area contributed by atoms with Crippen molar-refractivity contribution in [1.82, 2.24) is 10.4 Å². The van der Waals surface area contributed by atoms with Gasteiger partial charge in [0.1, 0.15) is 11.5 Å². The molecule has 0 unspecified atom stereocenters. The van der Waals surface area contributed by atoms with E-state index in [0.717, 1.165) is 4.47 Å². The van der Waals surface area contributed by atoms with Crippen LogP contribution in [0.25, 0.3) is 6.08 Å². The van der Waals surface area contributed by atoms with Crippen molar-refractivity contribution < 1.29 is 18.7 Å². The van der Waals surface area contributed by atoms with Crippen molar-refractivity contribution >= 4 is 40.1 Å². The number of aromatic nitrogens is 1. The van der Waals surface area contributed by atoms with E-state index in [0.29, 0.717) is 16.9 Å². The molecule has 1 amide bonds. The van der Waals surface area contributed by atoms with Gasteiger partial charge in [0, 0.05) is 28.5 Å². The van der Waals surface area contributed by atoms with Crippen LogP contribution in [0, 0.1) is 0 Å². The lowest BCUT2D eigenvalue weighted by molar-refractivity contribution is -0.128. The Balaban J connectivity index is 1.68. The van der Waals surface area contributed by atoms with E-state index in [1.54, 1.807) is 48.7 Å². The molecule has 0 aliphatic rings. The number of pyridine rings is 1. The first-order valence-electron chi connectivity index (χ1n) is 8.08. The standard InChI is InChI=1S/C20H14BrN3O4/c21-16-5-7-18(28-19(25)8-6-17-4-2-10-27-17)15(11-16)13-23-24-20(26)14-3-1-9-22-12-14/h1-13H,(H,24,26)/b8-6-,23-13-. The lowest BCUT2D eigenvalue weighted by Crippen LogP contribution is -2.17. The second kappa shape index (κ2) is 9.43. The normalized spacial score (nSPS) is 11.0. The molecule has 0 aliphatic heterocycles. The Bertz CT molecular complexity index is 1020. The molecule has 3 aromatic rings. The fourth-order valence-electron chi connectivity index (χ4n) is 2.11. The van der Waals surface area contributed by atoms with Gasteiger partial charge < -0.3 is 9.15 Å². The second-order valence-electron chi connectivity index (χ2n) is 5.39.